The fraction of sp³-hybridized carbons (Fsp3) is 0. The van der Waals surface area contributed by atoms with Crippen LogP contribution >= 0.6 is 0 Å². The summed E-state index contributed by atoms with van der Waals surface area (Å²) in [5, 5.41) is 2.73. The van der Waals surface area contributed by atoms with Crippen LogP contribution in [0.5, 0.6) is 0 Å². The molecule has 0 unspecified atom stereocenters. The predicted molar refractivity (Wildman–Crippen MR) is 61.8 cm³/mol. The van der Waals surface area contributed by atoms with E-state index in [1.807, 2.05) is 18.2 Å². The first-order valence-corrected chi connectivity index (χ1v) is 4.90. The van der Waals surface area contributed by atoms with Crippen molar-refractivity contribution in [2.45, 2.75) is 0 Å². The molecule has 4 nitrogen and oxygen atoms in total. The number of hydrogen-bond donors (Lipinski definition) is 2. The topological polar surface area (TPSA) is 69.3 Å². The molecule has 1 aromatic carbocycles. The molecule has 0 fully saturated rings. The molecule has 0 aliphatic heterocycles. The highest BCUT2D eigenvalue weighted by molar-refractivity contribution is 6.05. The summed E-state index contributed by atoms with van der Waals surface area (Å²) in [5.41, 5.74) is 6.86. The molecule has 0 saturated carbocycles. The second kappa shape index (κ2) is 4.44. The van der Waals surface area contributed by atoms with Gasteiger partial charge in [0.15, 0.2) is 0 Å². The predicted octanol–water partition coefficient (Wildman–Crippen LogP) is 1.34. The van der Waals surface area contributed by atoms with Crippen LogP contribution in [-0.2, 0) is 0 Å². The first kappa shape index (κ1) is 10.2. The molecular formula is C12H12N3O+. The number of carbonyl (C=O) groups is 1. The van der Waals surface area contributed by atoms with Crippen LogP contribution in [0.4, 0.5) is 11.5 Å². The third kappa shape index (κ3) is 2.17. The zero-order valence-electron chi connectivity index (χ0n) is 8.60. The van der Waals surface area contributed by atoms with Crippen LogP contribution < -0.4 is 16.0 Å². The van der Waals surface area contributed by atoms with Crippen LogP contribution in [0.3, 0.4) is 0 Å². The Hall–Kier alpha value is -2.36. The standard InChI is InChI=1S/C12H11N3O/c13-11-10(7-4-8-14-11)15-12(16)9-5-2-1-3-6-9/h1-8H,(H2,13,14)(H,15,16)/p+1. The summed E-state index contributed by atoms with van der Waals surface area (Å²) in [6.07, 6.45) is 1.70. The van der Waals surface area contributed by atoms with Crippen molar-refractivity contribution >= 4 is 17.4 Å². The Labute approximate surface area is 93.1 Å². The van der Waals surface area contributed by atoms with Crippen molar-refractivity contribution in [3.05, 3.63) is 54.2 Å². The van der Waals surface area contributed by atoms with E-state index < -0.39 is 0 Å². The lowest BCUT2D eigenvalue weighted by atomic mass is 10.2. The maximum Gasteiger partial charge on any atom is 0.294 e. The summed E-state index contributed by atoms with van der Waals surface area (Å²) in [6, 6.07) is 12.5. The van der Waals surface area contributed by atoms with Gasteiger partial charge in [-0.25, -0.2) is 4.98 Å². The van der Waals surface area contributed by atoms with Gasteiger partial charge in [-0.15, -0.1) is 0 Å². The number of nitrogen functional groups attached to an aromatic ring is 1. The molecule has 4 heteroatoms. The number of H-pyrrole nitrogens is 1. The summed E-state index contributed by atoms with van der Waals surface area (Å²) in [4.78, 5) is 14.6. The Morgan fingerprint density at radius 3 is 2.56 bits per heavy atom. The van der Waals surface area contributed by atoms with Crippen LogP contribution in [0.2, 0.25) is 0 Å². The normalized spacial score (nSPS) is 9.75. The number of aromatic nitrogens is 1. The van der Waals surface area contributed by atoms with E-state index in [4.69, 9.17) is 5.73 Å². The molecule has 0 saturated heterocycles. The Morgan fingerprint density at radius 1 is 1.12 bits per heavy atom. The first-order valence-electron chi connectivity index (χ1n) is 4.90. The SMILES string of the molecule is Nc1[nH+]cccc1NC(=O)c1ccccc1. The molecule has 2 rings (SSSR count). The quantitative estimate of drug-likeness (QED) is 0.791. The monoisotopic (exact) mass is 214 g/mol. The lowest BCUT2D eigenvalue weighted by Crippen LogP contribution is -2.17. The van der Waals surface area contributed by atoms with Crippen molar-refractivity contribution in [2.75, 3.05) is 11.1 Å². The fourth-order valence-electron chi connectivity index (χ4n) is 1.34. The van der Waals surface area contributed by atoms with Gasteiger partial charge < -0.3 is 5.32 Å². The summed E-state index contributed by atoms with van der Waals surface area (Å²) >= 11 is 0. The molecule has 2 aromatic rings. The van der Waals surface area contributed by atoms with E-state index in [1.54, 1.807) is 30.5 Å². The Kier molecular flexibility index (Phi) is 2.82. The van der Waals surface area contributed by atoms with Gasteiger partial charge in [-0.3, -0.25) is 10.5 Å². The van der Waals surface area contributed by atoms with Crippen LogP contribution in [0.15, 0.2) is 48.7 Å². The van der Waals surface area contributed by atoms with Gasteiger partial charge in [-0.05, 0) is 24.3 Å². The van der Waals surface area contributed by atoms with Gasteiger partial charge in [0.05, 0.1) is 6.20 Å². The van der Waals surface area contributed by atoms with Crippen molar-refractivity contribution in [1.82, 2.24) is 0 Å². The highest BCUT2D eigenvalue weighted by Gasteiger charge is 2.09. The highest BCUT2D eigenvalue weighted by Crippen LogP contribution is 2.12. The van der Waals surface area contributed by atoms with E-state index in [2.05, 4.69) is 10.3 Å². The van der Waals surface area contributed by atoms with Crippen molar-refractivity contribution in [2.24, 2.45) is 0 Å². The summed E-state index contributed by atoms with van der Waals surface area (Å²) in [7, 11) is 0. The van der Waals surface area contributed by atoms with Crippen LogP contribution in [0.1, 0.15) is 10.4 Å². The van der Waals surface area contributed by atoms with Gasteiger partial charge >= 0.3 is 0 Å². The second-order valence-corrected chi connectivity index (χ2v) is 3.32. The van der Waals surface area contributed by atoms with Gasteiger partial charge in [0.25, 0.3) is 11.7 Å². The molecule has 0 aliphatic rings. The number of carbonyl (C=O) groups excluding carboxylic acids is 1. The highest BCUT2D eigenvalue weighted by atomic mass is 16.1. The van der Waals surface area contributed by atoms with Crippen LogP contribution in [-0.4, -0.2) is 5.91 Å². The van der Waals surface area contributed by atoms with Crippen molar-refractivity contribution in [3.63, 3.8) is 0 Å². The van der Waals surface area contributed by atoms with Gasteiger partial charge in [0, 0.05) is 5.56 Å². The van der Waals surface area contributed by atoms with E-state index >= 15 is 0 Å². The van der Waals surface area contributed by atoms with E-state index in [9.17, 15) is 4.79 Å². The van der Waals surface area contributed by atoms with Crippen molar-refractivity contribution in [3.8, 4) is 0 Å². The number of nitrogens with one attached hydrogen (secondary N) is 2. The summed E-state index contributed by atoms with van der Waals surface area (Å²) < 4.78 is 0. The third-order valence-corrected chi connectivity index (χ3v) is 2.17. The third-order valence-electron chi connectivity index (χ3n) is 2.17. The average Bonchev–Trinajstić information content (AvgIpc) is 2.33. The smallest absolute Gasteiger partial charge is 0.294 e. The van der Waals surface area contributed by atoms with E-state index in [1.165, 1.54) is 0 Å². The number of rotatable bonds is 2. The minimum absolute atomic E-state index is 0.174. The molecule has 0 spiro atoms. The minimum Gasteiger partial charge on any atom is -0.315 e. The maximum absolute atomic E-state index is 11.8. The Bertz CT molecular complexity index is 497. The second-order valence-electron chi connectivity index (χ2n) is 3.32. The first-order chi connectivity index (χ1) is 7.77. The number of anilines is 2. The molecule has 16 heavy (non-hydrogen) atoms. The molecular weight excluding hydrogens is 202 g/mol. The van der Waals surface area contributed by atoms with Crippen LogP contribution in [0, 0.1) is 0 Å². The fourth-order valence-corrected chi connectivity index (χ4v) is 1.34. The average molecular weight is 214 g/mol. The van der Waals surface area contributed by atoms with Gasteiger partial charge in [0.1, 0.15) is 5.69 Å². The number of nitrogens with two attached hydrogens (primary N) is 1. The molecule has 1 heterocycles. The molecule has 4 N–H and O–H groups in total. The molecule has 0 aliphatic carbocycles. The molecule has 0 radical (unpaired) electrons. The summed E-state index contributed by atoms with van der Waals surface area (Å²) in [6.45, 7) is 0. The zero-order valence-corrected chi connectivity index (χ0v) is 8.60. The number of hydrogen-bond acceptors (Lipinski definition) is 2. The van der Waals surface area contributed by atoms with Crippen molar-refractivity contribution < 1.29 is 9.78 Å². The Morgan fingerprint density at radius 2 is 1.88 bits per heavy atom. The molecule has 1 amide bonds. The molecule has 80 valence electrons. The maximum atomic E-state index is 11.8. The van der Waals surface area contributed by atoms with E-state index in [0.29, 0.717) is 17.1 Å². The summed E-state index contributed by atoms with van der Waals surface area (Å²) in [5.74, 6) is 0.263. The van der Waals surface area contributed by atoms with Gasteiger partial charge in [-0.1, -0.05) is 18.2 Å². The number of pyridine rings is 1. The molecule has 1 aromatic heterocycles. The minimum atomic E-state index is -0.174. The molecule has 0 bridgehead atoms. The van der Waals surface area contributed by atoms with Crippen molar-refractivity contribution in [1.29, 1.82) is 0 Å². The zero-order chi connectivity index (χ0) is 11.4. The molecule has 0 atom stereocenters. The van der Waals surface area contributed by atoms with Gasteiger partial charge in [0.2, 0.25) is 0 Å². The van der Waals surface area contributed by atoms with Crippen LogP contribution in [0.25, 0.3) is 0 Å². The van der Waals surface area contributed by atoms with E-state index in [0.717, 1.165) is 0 Å². The number of benzene rings is 1. The number of aromatic amines is 1. The van der Waals surface area contributed by atoms with Gasteiger partial charge in [-0.2, -0.15) is 0 Å². The lowest BCUT2D eigenvalue weighted by molar-refractivity contribution is -0.359. The van der Waals surface area contributed by atoms with E-state index in [-0.39, 0.29) is 5.91 Å². The Balaban J connectivity index is 2.18. The number of amides is 1. The largest absolute Gasteiger partial charge is 0.315 e. The lowest BCUT2D eigenvalue weighted by Gasteiger charge is -2.03.